The Labute approximate surface area is 256 Å². The van der Waals surface area contributed by atoms with Gasteiger partial charge in [-0.05, 0) is 49.7 Å². The number of carbonyl (C=O) groups is 3. The van der Waals surface area contributed by atoms with E-state index in [2.05, 4.69) is 4.98 Å². The van der Waals surface area contributed by atoms with Crippen molar-refractivity contribution in [2.24, 2.45) is 28.6 Å². The SMILES string of the molecule is CC(=O)OC[C@@]1(C)[C@@H]2C[C@H](OC(=O)C(C)C)[C@@]3(C)Oc4cc(-c5cccnc5)oc(=O)c4[C@H](O)[C@@H]3[C@@]2(C)CC[C@@H]1OC(C)=O. The number of ether oxygens (including phenoxy) is 4. The predicted octanol–water partition coefficient (Wildman–Crippen LogP) is 4.39. The molecule has 0 saturated heterocycles. The van der Waals surface area contributed by atoms with Gasteiger partial charge in [-0.2, -0.15) is 0 Å². The molecule has 0 aromatic carbocycles. The van der Waals surface area contributed by atoms with E-state index < -0.39 is 76.0 Å². The fourth-order valence-electron chi connectivity index (χ4n) is 8.11. The lowest BCUT2D eigenvalue weighted by molar-refractivity contribution is -0.271. The van der Waals surface area contributed by atoms with Crippen LogP contribution in [0.2, 0.25) is 0 Å². The van der Waals surface area contributed by atoms with Gasteiger partial charge in [0.1, 0.15) is 41.5 Å². The van der Waals surface area contributed by atoms with Gasteiger partial charge in [-0.25, -0.2) is 4.79 Å². The lowest BCUT2D eigenvalue weighted by Gasteiger charge is -2.66. The summed E-state index contributed by atoms with van der Waals surface area (Å²) >= 11 is 0. The molecule has 0 bridgehead atoms. The Hall–Kier alpha value is -3.73. The van der Waals surface area contributed by atoms with Crippen LogP contribution in [0.5, 0.6) is 5.75 Å². The summed E-state index contributed by atoms with van der Waals surface area (Å²) in [5, 5.41) is 12.2. The summed E-state index contributed by atoms with van der Waals surface area (Å²) in [5.41, 5.74) is -3.12. The first kappa shape index (κ1) is 31.7. The zero-order chi connectivity index (χ0) is 32.2. The Kier molecular flexibility index (Phi) is 8.15. The Balaban J connectivity index is 1.68. The van der Waals surface area contributed by atoms with Crippen molar-refractivity contribution in [1.82, 2.24) is 4.98 Å². The molecule has 3 heterocycles. The molecule has 238 valence electrons. The average Bonchev–Trinajstić information content (AvgIpc) is 2.94. The average molecular weight is 612 g/mol. The molecule has 0 amide bonds. The van der Waals surface area contributed by atoms with Crippen LogP contribution < -0.4 is 10.4 Å². The van der Waals surface area contributed by atoms with E-state index in [0.29, 0.717) is 18.4 Å². The lowest BCUT2D eigenvalue weighted by atomic mass is 9.42. The number of pyridine rings is 1. The lowest BCUT2D eigenvalue weighted by Crippen LogP contribution is -2.71. The fraction of sp³-hybridized carbons (Fsp3) is 0.606. The van der Waals surface area contributed by atoms with Gasteiger partial charge in [0.25, 0.3) is 0 Å². The van der Waals surface area contributed by atoms with Crippen molar-refractivity contribution >= 4 is 17.9 Å². The van der Waals surface area contributed by atoms with Crippen molar-refractivity contribution in [2.45, 2.75) is 91.6 Å². The van der Waals surface area contributed by atoms with Crippen LogP contribution in [0.4, 0.5) is 0 Å². The maximum absolute atomic E-state index is 13.5. The number of rotatable bonds is 6. The van der Waals surface area contributed by atoms with Gasteiger partial charge in [-0.1, -0.05) is 27.7 Å². The van der Waals surface area contributed by atoms with Crippen molar-refractivity contribution < 1.29 is 42.9 Å². The van der Waals surface area contributed by atoms with Gasteiger partial charge in [0.2, 0.25) is 0 Å². The van der Waals surface area contributed by atoms with Gasteiger partial charge >= 0.3 is 23.5 Å². The first-order chi connectivity index (χ1) is 20.6. The van der Waals surface area contributed by atoms with Crippen LogP contribution in [-0.4, -0.2) is 52.4 Å². The van der Waals surface area contributed by atoms with E-state index in [1.54, 1.807) is 44.4 Å². The largest absolute Gasteiger partial charge is 0.482 e. The summed E-state index contributed by atoms with van der Waals surface area (Å²) in [7, 11) is 0. The third-order valence-electron chi connectivity index (χ3n) is 10.2. The van der Waals surface area contributed by atoms with Crippen molar-refractivity contribution in [3.05, 3.63) is 46.6 Å². The number of aliphatic hydroxyl groups is 1. The highest BCUT2D eigenvalue weighted by Crippen LogP contribution is 2.67. The van der Waals surface area contributed by atoms with E-state index in [-0.39, 0.29) is 30.1 Å². The van der Waals surface area contributed by atoms with Gasteiger partial charge in [-0.3, -0.25) is 19.4 Å². The van der Waals surface area contributed by atoms with E-state index in [4.69, 9.17) is 23.4 Å². The maximum Gasteiger partial charge on any atom is 0.345 e. The highest BCUT2D eigenvalue weighted by atomic mass is 16.6. The molecule has 0 radical (unpaired) electrons. The number of esters is 3. The third kappa shape index (κ3) is 5.18. The van der Waals surface area contributed by atoms with Gasteiger partial charge in [0.05, 0.1) is 12.0 Å². The first-order valence-electron chi connectivity index (χ1n) is 15.1. The molecule has 3 aliphatic rings. The highest BCUT2D eigenvalue weighted by Gasteiger charge is 2.71. The maximum atomic E-state index is 13.5. The van der Waals surface area contributed by atoms with Crippen molar-refractivity contribution in [3.63, 3.8) is 0 Å². The number of fused-ring (bicyclic) bond motifs is 4. The summed E-state index contributed by atoms with van der Waals surface area (Å²) in [6.45, 7) is 11.8. The van der Waals surface area contributed by atoms with Crippen LogP contribution >= 0.6 is 0 Å². The molecule has 44 heavy (non-hydrogen) atoms. The van der Waals surface area contributed by atoms with Crippen LogP contribution in [0, 0.1) is 28.6 Å². The zero-order valence-corrected chi connectivity index (χ0v) is 26.2. The number of hydrogen-bond acceptors (Lipinski definition) is 11. The van der Waals surface area contributed by atoms with E-state index in [0.717, 1.165) is 0 Å². The van der Waals surface area contributed by atoms with E-state index in [9.17, 15) is 24.3 Å². The Bertz CT molecular complexity index is 1500. The molecule has 2 saturated carbocycles. The van der Waals surface area contributed by atoms with Gasteiger partial charge < -0.3 is 28.5 Å². The Morgan fingerprint density at radius 3 is 2.45 bits per heavy atom. The second-order valence-corrected chi connectivity index (χ2v) is 13.4. The number of hydrogen-bond donors (Lipinski definition) is 1. The molecule has 5 rings (SSSR count). The molecule has 0 spiro atoms. The molecule has 1 N–H and O–H groups in total. The molecule has 11 nitrogen and oxygen atoms in total. The van der Waals surface area contributed by atoms with Crippen molar-refractivity contribution in [3.8, 4) is 17.1 Å². The standard InChI is InChI=1S/C33H41NO10/c1-17(2)29(38)43-25-14-23-31(5,11-10-24(41-19(4)36)32(23,6)16-40-18(3)35)28-27(37)26-22(44-33(25,28)7)13-21(42-30(26)39)20-9-8-12-34-15-20/h8-9,12-13,15,17,23-25,27-28,37H,10-11,14,16H2,1-7H3/t23-,24+,25+,27+,28-,31+,32+,33-/m1/s1. The summed E-state index contributed by atoms with van der Waals surface area (Å²) in [6.07, 6.45) is 1.51. The Morgan fingerprint density at radius 1 is 1.11 bits per heavy atom. The third-order valence-corrected chi connectivity index (χ3v) is 10.2. The smallest absolute Gasteiger partial charge is 0.345 e. The highest BCUT2D eigenvalue weighted by molar-refractivity contribution is 5.72. The number of carbonyl (C=O) groups excluding carboxylic acids is 3. The van der Waals surface area contributed by atoms with Gasteiger partial charge in [0, 0.05) is 49.2 Å². The second kappa shape index (κ2) is 11.3. The van der Waals surface area contributed by atoms with Crippen molar-refractivity contribution in [2.75, 3.05) is 6.61 Å². The zero-order valence-electron chi connectivity index (χ0n) is 26.2. The van der Waals surface area contributed by atoms with Crippen molar-refractivity contribution in [1.29, 1.82) is 0 Å². The molecule has 0 unspecified atom stereocenters. The van der Waals surface area contributed by atoms with Crippen LogP contribution in [0.3, 0.4) is 0 Å². The number of aromatic nitrogens is 1. The van der Waals surface area contributed by atoms with Crippen LogP contribution in [-0.2, 0) is 28.6 Å². The molecular weight excluding hydrogens is 570 g/mol. The van der Waals surface area contributed by atoms with E-state index in [1.807, 2.05) is 20.8 Å². The van der Waals surface area contributed by atoms with E-state index >= 15 is 0 Å². The summed E-state index contributed by atoms with van der Waals surface area (Å²) < 4.78 is 29.9. The van der Waals surface area contributed by atoms with Crippen LogP contribution in [0.25, 0.3) is 11.3 Å². The summed E-state index contributed by atoms with van der Waals surface area (Å²) in [6, 6.07) is 5.02. The minimum absolute atomic E-state index is 0.0141. The van der Waals surface area contributed by atoms with Gasteiger partial charge in [-0.15, -0.1) is 0 Å². The molecule has 1 aliphatic heterocycles. The van der Waals surface area contributed by atoms with E-state index in [1.165, 1.54) is 13.8 Å². The number of nitrogens with zero attached hydrogens (tertiary/aromatic N) is 1. The quantitative estimate of drug-likeness (QED) is 0.366. The monoisotopic (exact) mass is 611 g/mol. The predicted molar refractivity (Wildman–Crippen MR) is 156 cm³/mol. The second-order valence-electron chi connectivity index (χ2n) is 13.4. The number of aliphatic hydroxyl groups excluding tert-OH is 1. The fourth-order valence-corrected chi connectivity index (χ4v) is 8.11. The molecular formula is C33H41NO10. The van der Waals surface area contributed by atoms with Gasteiger partial charge in [0.15, 0.2) is 0 Å². The Morgan fingerprint density at radius 2 is 1.84 bits per heavy atom. The topological polar surface area (TPSA) is 151 Å². The molecule has 2 aromatic rings. The minimum Gasteiger partial charge on any atom is -0.482 e. The molecule has 2 aliphatic carbocycles. The first-order valence-corrected chi connectivity index (χ1v) is 15.1. The van der Waals surface area contributed by atoms with Crippen LogP contribution in [0.15, 0.2) is 39.8 Å². The normalized spacial score (nSPS) is 34.1. The summed E-state index contributed by atoms with van der Waals surface area (Å²) in [4.78, 5) is 54.9. The molecule has 2 fully saturated rings. The molecule has 8 atom stereocenters. The molecule has 2 aromatic heterocycles. The van der Waals surface area contributed by atoms with Crippen LogP contribution in [0.1, 0.15) is 79.4 Å². The minimum atomic E-state index is -1.35. The summed E-state index contributed by atoms with van der Waals surface area (Å²) in [5.74, 6) is -2.61. The molecule has 11 heteroatoms.